The molecular formula is C18H20ClN5O3. The maximum absolute atomic E-state index is 13.3. The van der Waals surface area contributed by atoms with Crippen LogP contribution in [0.4, 0.5) is 5.95 Å². The Labute approximate surface area is 160 Å². The SMILES string of the molecule is Cn1c(=O)n(C)c2c(=O)n(Cc3ccc(Cl)cc3)c(N3CCOCC3)nc21. The third kappa shape index (κ3) is 3.04. The summed E-state index contributed by atoms with van der Waals surface area (Å²) >= 11 is 5.97. The Balaban J connectivity index is 1.94. The van der Waals surface area contributed by atoms with Gasteiger partial charge in [-0.2, -0.15) is 4.98 Å². The van der Waals surface area contributed by atoms with E-state index >= 15 is 0 Å². The van der Waals surface area contributed by atoms with E-state index < -0.39 is 0 Å². The first-order chi connectivity index (χ1) is 13.0. The first-order valence-corrected chi connectivity index (χ1v) is 9.08. The van der Waals surface area contributed by atoms with E-state index in [1.165, 1.54) is 9.13 Å². The standard InChI is InChI=1S/C18H20ClN5O3/c1-21-14-15(22(2)18(21)26)20-17(23-7-9-27-10-8-23)24(16(14)25)11-12-3-5-13(19)6-4-12/h3-6H,7-11H2,1-2H3. The molecule has 0 amide bonds. The van der Waals surface area contributed by atoms with Crippen LogP contribution in [0.5, 0.6) is 0 Å². The van der Waals surface area contributed by atoms with E-state index in [4.69, 9.17) is 21.3 Å². The minimum absolute atomic E-state index is 0.239. The normalized spacial score (nSPS) is 14.9. The van der Waals surface area contributed by atoms with Gasteiger partial charge in [0.25, 0.3) is 5.56 Å². The van der Waals surface area contributed by atoms with Crippen LogP contribution < -0.4 is 16.1 Å². The molecule has 1 aliphatic heterocycles. The molecule has 0 saturated carbocycles. The van der Waals surface area contributed by atoms with Crippen molar-refractivity contribution in [2.45, 2.75) is 6.54 Å². The molecule has 1 saturated heterocycles. The van der Waals surface area contributed by atoms with Crippen LogP contribution in [0.2, 0.25) is 5.02 Å². The fraction of sp³-hybridized carbons (Fsp3) is 0.389. The lowest BCUT2D eigenvalue weighted by atomic mass is 10.2. The molecule has 9 heteroatoms. The number of rotatable bonds is 3. The number of morpholine rings is 1. The summed E-state index contributed by atoms with van der Waals surface area (Å²) in [4.78, 5) is 32.4. The largest absolute Gasteiger partial charge is 0.378 e. The molecule has 142 valence electrons. The van der Waals surface area contributed by atoms with Gasteiger partial charge < -0.3 is 9.64 Å². The van der Waals surface area contributed by atoms with Gasteiger partial charge in [0.15, 0.2) is 11.2 Å². The second-order valence-electron chi connectivity index (χ2n) is 6.60. The lowest BCUT2D eigenvalue weighted by molar-refractivity contribution is 0.121. The van der Waals surface area contributed by atoms with Crippen LogP contribution >= 0.6 is 11.6 Å². The molecule has 4 rings (SSSR count). The highest BCUT2D eigenvalue weighted by molar-refractivity contribution is 6.30. The number of anilines is 1. The van der Waals surface area contributed by atoms with Crippen LogP contribution in [0.15, 0.2) is 33.9 Å². The summed E-state index contributed by atoms with van der Waals surface area (Å²) in [6.45, 7) is 2.76. The van der Waals surface area contributed by atoms with Crippen molar-refractivity contribution >= 4 is 28.7 Å². The number of imidazole rings is 1. The minimum atomic E-state index is -0.272. The summed E-state index contributed by atoms with van der Waals surface area (Å²) in [5.74, 6) is 0.548. The molecular weight excluding hydrogens is 370 g/mol. The van der Waals surface area contributed by atoms with Crippen LogP contribution in [0.3, 0.4) is 0 Å². The van der Waals surface area contributed by atoms with Gasteiger partial charge in [-0.25, -0.2) is 4.79 Å². The van der Waals surface area contributed by atoms with Crippen molar-refractivity contribution in [1.29, 1.82) is 0 Å². The van der Waals surface area contributed by atoms with Gasteiger partial charge in [0.05, 0.1) is 19.8 Å². The molecule has 2 aromatic heterocycles. The molecule has 0 atom stereocenters. The maximum atomic E-state index is 13.3. The quantitative estimate of drug-likeness (QED) is 0.667. The number of halogens is 1. The summed E-state index contributed by atoms with van der Waals surface area (Å²) in [5.41, 5.74) is 1.11. The Morgan fingerprint density at radius 3 is 2.41 bits per heavy atom. The van der Waals surface area contributed by atoms with Gasteiger partial charge in [0, 0.05) is 32.2 Å². The van der Waals surface area contributed by atoms with Gasteiger partial charge in [-0.05, 0) is 17.7 Å². The predicted octanol–water partition coefficient (Wildman–Crippen LogP) is 0.972. The maximum Gasteiger partial charge on any atom is 0.329 e. The molecule has 1 aromatic carbocycles. The second kappa shape index (κ2) is 6.86. The molecule has 1 aliphatic rings. The monoisotopic (exact) mass is 389 g/mol. The zero-order chi connectivity index (χ0) is 19.1. The number of benzene rings is 1. The number of aromatic nitrogens is 4. The average Bonchev–Trinajstić information content (AvgIpc) is 2.90. The highest BCUT2D eigenvalue weighted by Crippen LogP contribution is 2.18. The van der Waals surface area contributed by atoms with Crippen molar-refractivity contribution in [2.24, 2.45) is 14.1 Å². The van der Waals surface area contributed by atoms with Crippen molar-refractivity contribution in [2.75, 3.05) is 31.2 Å². The molecule has 0 N–H and O–H groups in total. The molecule has 27 heavy (non-hydrogen) atoms. The van der Waals surface area contributed by atoms with Gasteiger partial charge in [-0.15, -0.1) is 0 Å². The third-order valence-electron chi connectivity index (χ3n) is 4.88. The minimum Gasteiger partial charge on any atom is -0.378 e. The average molecular weight is 390 g/mol. The van der Waals surface area contributed by atoms with Gasteiger partial charge in [0.1, 0.15) is 0 Å². The number of hydrogen-bond donors (Lipinski definition) is 0. The van der Waals surface area contributed by atoms with Crippen LogP contribution in [-0.2, 0) is 25.4 Å². The number of nitrogens with zero attached hydrogens (tertiary/aromatic N) is 5. The van der Waals surface area contributed by atoms with E-state index in [-0.39, 0.29) is 11.2 Å². The van der Waals surface area contributed by atoms with E-state index in [1.807, 2.05) is 17.0 Å². The number of ether oxygens (including phenoxy) is 1. The summed E-state index contributed by atoms with van der Waals surface area (Å²) in [5, 5.41) is 0.638. The molecule has 1 fully saturated rings. The van der Waals surface area contributed by atoms with E-state index in [0.717, 1.165) is 5.56 Å². The Bertz CT molecular complexity index is 1110. The molecule has 8 nitrogen and oxygen atoms in total. The van der Waals surface area contributed by atoms with E-state index in [9.17, 15) is 9.59 Å². The topological polar surface area (TPSA) is 74.3 Å². The smallest absolute Gasteiger partial charge is 0.329 e. The Morgan fingerprint density at radius 1 is 1.07 bits per heavy atom. The Kier molecular flexibility index (Phi) is 4.53. The zero-order valence-electron chi connectivity index (χ0n) is 15.2. The predicted molar refractivity (Wildman–Crippen MR) is 104 cm³/mol. The first-order valence-electron chi connectivity index (χ1n) is 8.71. The summed E-state index contributed by atoms with van der Waals surface area (Å²) < 4.78 is 9.81. The third-order valence-corrected chi connectivity index (χ3v) is 5.13. The lowest BCUT2D eigenvalue weighted by Crippen LogP contribution is -2.41. The van der Waals surface area contributed by atoms with Crippen molar-refractivity contribution in [3.8, 4) is 0 Å². The van der Waals surface area contributed by atoms with Gasteiger partial charge in [0.2, 0.25) is 5.95 Å². The van der Waals surface area contributed by atoms with E-state index in [1.54, 1.807) is 30.8 Å². The number of fused-ring (bicyclic) bond motifs is 1. The molecule has 0 unspecified atom stereocenters. The van der Waals surface area contributed by atoms with Crippen molar-refractivity contribution in [3.05, 3.63) is 55.7 Å². The molecule has 0 bridgehead atoms. The van der Waals surface area contributed by atoms with Crippen LogP contribution in [0.1, 0.15) is 5.56 Å². The van der Waals surface area contributed by atoms with Crippen LogP contribution in [-0.4, -0.2) is 45.0 Å². The van der Waals surface area contributed by atoms with Crippen LogP contribution in [0.25, 0.3) is 11.2 Å². The Morgan fingerprint density at radius 2 is 1.74 bits per heavy atom. The highest BCUT2D eigenvalue weighted by atomic mass is 35.5. The first kappa shape index (κ1) is 17.8. The number of aryl methyl sites for hydroxylation is 2. The summed E-state index contributed by atoms with van der Waals surface area (Å²) in [6, 6.07) is 7.35. The Hall–Kier alpha value is -2.58. The van der Waals surface area contributed by atoms with Gasteiger partial charge in [-0.1, -0.05) is 23.7 Å². The molecule has 3 aromatic rings. The van der Waals surface area contributed by atoms with Gasteiger partial charge in [-0.3, -0.25) is 18.5 Å². The molecule has 3 heterocycles. The summed E-state index contributed by atoms with van der Waals surface area (Å²) in [7, 11) is 3.22. The van der Waals surface area contributed by atoms with Gasteiger partial charge >= 0.3 is 5.69 Å². The second-order valence-corrected chi connectivity index (χ2v) is 7.04. The molecule has 0 aliphatic carbocycles. The fourth-order valence-electron chi connectivity index (χ4n) is 3.38. The van der Waals surface area contributed by atoms with Crippen molar-refractivity contribution < 1.29 is 4.74 Å². The van der Waals surface area contributed by atoms with E-state index in [0.29, 0.717) is 55.0 Å². The highest BCUT2D eigenvalue weighted by Gasteiger charge is 2.23. The van der Waals surface area contributed by atoms with Crippen molar-refractivity contribution in [3.63, 3.8) is 0 Å². The fourth-order valence-corrected chi connectivity index (χ4v) is 3.51. The molecule has 0 radical (unpaired) electrons. The lowest BCUT2D eigenvalue weighted by Gasteiger charge is -2.29. The zero-order valence-corrected chi connectivity index (χ0v) is 15.9. The van der Waals surface area contributed by atoms with E-state index in [2.05, 4.69) is 0 Å². The molecule has 0 spiro atoms. The van der Waals surface area contributed by atoms with Crippen LogP contribution in [0, 0.1) is 0 Å². The number of hydrogen-bond acceptors (Lipinski definition) is 5. The summed E-state index contributed by atoms with van der Waals surface area (Å²) in [6.07, 6.45) is 0. The van der Waals surface area contributed by atoms with Crippen molar-refractivity contribution in [1.82, 2.24) is 18.7 Å².